The smallest absolute Gasteiger partial charge is 0.350 e. The number of nitrogens with zero attached hydrogens (tertiary/aromatic N) is 5. The standard InChI is InChI=1S/C36H35ClF3N5O5S/c1-35(2,3)50-33(46)30-21(14-41)23-20(5-6-22(39)31(23)51-30)24-26(37)29-25-28(27(24)40)42-34(49-17-36-8-4-9-44(36)15-18(38)13-36)43-32(25)45-10-12-47-16-19(45)7-11-48-29/h5-6,18-19H,4,7-13,15-17H2,1-3H3/t18-,19+,36+/m1/s1. The maximum absolute atomic E-state index is 17.4. The molecule has 2 aromatic carbocycles. The number of aromatic nitrogens is 2. The van der Waals surface area contributed by atoms with Crippen LogP contribution < -0.4 is 14.4 Å². The van der Waals surface area contributed by atoms with Crippen LogP contribution in [0.3, 0.4) is 0 Å². The number of alkyl halides is 1. The van der Waals surface area contributed by atoms with Gasteiger partial charge >= 0.3 is 12.0 Å². The van der Waals surface area contributed by atoms with E-state index in [1.54, 1.807) is 20.8 Å². The van der Waals surface area contributed by atoms with E-state index in [0.717, 1.165) is 36.8 Å². The molecule has 0 spiro atoms. The highest BCUT2D eigenvalue weighted by Gasteiger charge is 2.49. The van der Waals surface area contributed by atoms with Gasteiger partial charge in [0.05, 0.1) is 52.1 Å². The summed E-state index contributed by atoms with van der Waals surface area (Å²) in [6.45, 7) is 7.79. The second-order valence-electron chi connectivity index (χ2n) is 14.5. The summed E-state index contributed by atoms with van der Waals surface area (Å²) < 4.78 is 71.2. The lowest BCUT2D eigenvalue weighted by molar-refractivity contribution is 0.00749. The number of anilines is 1. The van der Waals surface area contributed by atoms with Crippen molar-refractivity contribution in [3.8, 4) is 29.0 Å². The Kier molecular flexibility index (Phi) is 8.48. The summed E-state index contributed by atoms with van der Waals surface area (Å²) in [5.41, 5.74) is -1.80. The number of ether oxygens (including phenoxy) is 4. The van der Waals surface area contributed by atoms with Crippen LogP contribution in [0.4, 0.5) is 19.0 Å². The summed E-state index contributed by atoms with van der Waals surface area (Å²) in [6.07, 6.45) is 1.60. The van der Waals surface area contributed by atoms with E-state index < -0.39 is 34.9 Å². The van der Waals surface area contributed by atoms with E-state index in [0.29, 0.717) is 45.0 Å². The molecule has 3 saturated heterocycles. The van der Waals surface area contributed by atoms with Crippen molar-refractivity contribution in [2.24, 2.45) is 0 Å². The van der Waals surface area contributed by atoms with Crippen LogP contribution in [0.5, 0.6) is 11.8 Å². The molecule has 2 aromatic heterocycles. The molecule has 4 aliphatic rings. The molecule has 8 rings (SSSR count). The average molecular weight is 742 g/mol. The molecule has 4 aromatic rings. The third-order valence-electron chi connectivity index (χ3n) is 10.1. The number of hydrogen-bond acceptors (Lipinski definition) is 11. The second-order valence-corrected chi connectivity index (χ2v) is 15.9. The van der Waals surface area contributed by atoms with Crippen molar-refractivity contribution in [3.05, 3.63) is 39.2 Å². The quantitative estimate of drug-likeness (QED) is 0.195. The van der Waals surface area contributed by atoms with Gasteiger partial charge in [0.1, 0.15) is 46.5 Å². The predicted octanol–water partition coefficient (Wildman–Crippen LogP) is 7.21. The first-order valence-corrected chi connectivity index (χ1v) is 18.2. The lowest BCUT2D eigenvalue weighted by Crippen LogP contribution is -2.47. The van der Waals surface area contributed by atoms with Crippen molar-refractivity contribution in [1.82, 2.24) is 14.9 Å². The number of carbonyl (C=O) groups excluding carboxylic acids is 1. The van der Waals surface area contributed by atoms with Gasteiger partial charge in [0, 0.05) is 36.9 Å². The van der Waals surface area contributed by atoms with Crippen molar-refractivity contribution < 1.29 is 36.9 Å². The zero-order valence-electron chi connectivity index (χ0n) is 28.3. The lowest BCUT2D eigenvalue weighted by atomic mass is 9.95. The summed E-state index contributed by atoms with van der Waals surface area (Å²) in [6, 6.07) is 4.28. The first-order chi connectivity index (χ1) is 24.4. The monoisotopic (exact) mass is 741 g/mol. The molecule has 4 aliphatic heterocycles. The molecule has 0 saturated carbocycles. The van der Waals surface area contributed by atoms with Gasteiger partial charge in [0.25, 0.3) is 0 Å². The number of hydrogen-bond donors (Lipinski definition) is 0. The molecule has 3 fully saturated rings. The van der Waals surface area contributed by atoms with Crippen molar-refractivity contribution >= 4 is 55.7 Å². The Balaban J connectivity index is 1.34. The highest BCUT2D eigenvalue weighted by atomic mass is 35.5. The zero-order chi connectivity index (χ0) is 35.8. The van der Waals surface area contributed by atoms with E-state index in [9.17, 15) is 14.4 Å². The minimum Gasteiger partial charge on any atom is -0.491 e. The molecule has 0 amide bonds. The van der Waals surface area contributed by atoms with Crippen molar-refractivity contribution in [3.63, 3.8) is 0 Å². The van der Waals surface area contributed by atoms with Gasteiger partial charge in [0.2, 0.25) is 0 Å². The molecule has 0 aliphatic carbocycles. The third-order valence-corrected chi connectivity index (χ3v) is 11.7. The molecule has 6 heterocycles. The van der Waals surface area contributed by atoms with Crippen LogP contribution in [0.15, 0.2) is 12.1 Å². The topological polar surface area (TPSA) is 110 Å². The number of benzene rings is 2. The Morgan fingerprint density at radius 3 is 2.82 bits per heavy atom. The van der Waals surface area contributed by atoms with E-state index in [4.69, 9.17) is 35.5 Å². The minimum atomic E-state index is -0.963. The fraction of sp³-hybridized carbons (Fsp3) is 0.500. The fourth-order valence-corrected chi connectivity index (χ4v) is 9.34. The summed E-state index contributed by atoms with van der Waals surface area (Å²) in [5.74, 6) is -1.87. The fourth-order valence-electron chi connectivity index (χ4n) is 7.95. The van der Waals surface area contributed by atoms with Crippen LogP contribution in [0.2, 0.25) is 5.02 Å². The number of carbonyl (C=O) groups is 1. The molecular weight excluding hydrogens is 707 g/mol. The Bertz CT molecular complexity index is 2140. The van der Waals surface area contributed by atoms with Gasteiger partial charge in [-0.05, 0) is 51.8 Å². The minimum absolute atomic E-state index is 0.0167. The third kappa shape index (κ3) is 5.73. The van der Waals surface area contributed by atoms with Gasteiger partial charge in [-0.2, -0.15) is 15.2 Å². The Morgan fingerprint density at radius 1 is 1.22 bits per heavy atom. The number of thiophene rings is 1. The zero-order valence-corrected chi connectivity index (χ0v) is 29.9. The highest BCUT2D eigenvalue weighted by Crippen LogP contribution is 2.51. The second kappa shape index (κ2) is 12.6. The average Bonchev–Trinajstić information content (AvgIpc) is 3.75. The molecule has 0 bridgehead atoms. The molecule has 0 N–H and O–H groups in total. The van der Waals surface area contributed by atoms with Gasteiger partial charge in [-0.3, -0.25) is 4.90 Å². The van der Waals surface area contributed by atoms with Gasteiger partial charge in [-0.25, -0.2) is 18.0 Å². The summed E-state index contributed by atoms with van der Waals surface area (Å²) in [4.78, 5) is 26.6. The van der Waals surface area contributed by atoms with Crippen molar-refractivity contribution in [1.29, 1.82) is 5.26 Å². The Hall–Kier alpha value is -3.90. The normalized spacial score (nSPS) is 23.4. The number of rotatable bonds is 5. The summed E-state index contributed by atoms with van der Waals surface area (Å²) in [7, 11) is 0. The van der Waals surface area contributed by atoms with Crippen molar-refractivity contribution in [2.75, 3.05) is 51.0 Å². The number of fused-ring (bicyclic) bond motifs is 4. The maximum Gasteiger partial charge on any atom is 0.350 e. The van der Waals surface area contributed by atoms with Crippen LogP contribution in [-0.2, 0) is 9.47 Å². The van der Waals surface area contributed by atoms with Gasteiger partial charge in [-0.1, -0.05) is 17.7 Å². The Morgan fingerprint density at radius 2 is 2.04 bits per heavy atom. The van der Waals surface area contributed by atoms with Crippen LogP contribution in [-0.4, -0.2) is 90.3 Å². The number of nitriles is 1. The molecular formula is C36H35ClF3N5O5S. The van der Waals surface area contributed by atoms with Gasteiger partial charge < -0.3 is 23.8 Å². The predicted molar refractivity (Wildman–Crippen MR) is 186 cm³/mol. The lowest BCUT2D eigenvalue weighted by Gasteiger charge is -2.38. The van der Waals surface area contributed by atoms with Crippen LogP contribution in [0.1, 0.15) is 61.7 Å². The number of esters is 1. The maximum atomic E-state index is 17.4. The SMILES string of the molecule is CC(C)(C)OC(=O)c1sc2c(F)ccc(-c3c(Cl)c4c5c(nc(OC[C@@]67CCCN6C[C@H](F)C7)nc5c3F)N3CCOC[C@@H]3CCO4)c2c1C#N. The molecule has 15 heteroatoms. The first kappa shape index (κ1) is 34.2. The van der Waals surface area contributed by atoms with E-state index in [1.807, 2.05) is 11.0 Å². The Labute approximate surface area is 301 Å². The molecule has 10 nitrogen and oxygen atoms in total. The van der Waals surface area contributed by atoms with E-state index in [1.165, 1.54) is 6.07 Å². The molecule has 268 valence electrons. The van der Waals surface area contributed by atoms with E-state index in [2.05, 4.69) is 9.88 Å². The summed E-state index contributed by atoms with van der Waals surface area (Å²) in [5, 5.41) is 10.4. The number of halogens is 4. The van der Waals surface area contributed by atoms with Crippen LogP contribution in [0.25, 0.3) is 32.1 Å². The largest absolute Gasteiger partial charge is 0.491 e. The van der Waals surface area contributed by atoms with Crippen molar-refractivity contribution in [2.45, 2.75) is 69.8 Å². The van der Waals surface area contributed by atoms with E-state index >= 15 is 8.78 Å². The highest BCUT2D eigenvalue weighted by molar-refractivity contribution is 7.21. The number of morpholine rings is 1. The van der Waals surface area contributed by atoms with Crippen LogP contribution >= 0.6 is 22.9 Å². The van der Waals surface area contributed by atoms with Crippen LogP contribution in [0, 0.1) is 23.0 Å². The molecule has 51 heavy (non-hydrogen) atoms. The van der Waals surface area contributed by atoms with Gasteiger partial charge in [0.15, 0.2) is 11.6 Å². The summed E-state index contributed by atoms with van der Waals surface area (Å²) >= 11 is 7.84. The van der Waals surface area contributed by atoms with E-state index in [-0.39, 0.29) is 78.6 Å². The first-order valence-electron chi connectivity index (χ1n) is 17.0. The molecule has 0 unspecified atom stereocenters. The molecule has 0 radical (unpaired) electrons. The van der Waals surface area contributed by atoms with Gasteiger partial charge in [-0.15, -0.1) is 11.3 Å². The molecule has 3 atom stereocenters.